The first-order valence-corrected chi connectivity index (χ1v) is 20.5. The van der Waals surface area contributed by atoms with Crippen molar-refractivity contribution in [2.24, 2.45) is 0 Å². The van der Waals surface area contributed by atoms with E-state index in [1.165, 1.54) is 43.9 Å². The Balaban J connectivity index is 0.000000168. The Morgan fingerprint density at radius 3 is 1.79 bits per heavy atom. The molecule has 0 aliphatic carbocycles. The molecule has 0 bridgehead atoms. The van der Waals surface area contributed by atoms with Gasteiger partial charge in [0.1, 0.15) is 28.8 Å². The maximum Gasteiger partial charge on any atom is 0.269 e. The largest absolute Gasteiger partial charge is 0.497 e. The molecule has 0 fully saturated rings. The molecular formula is C43H32F2N4O4S3. The molecular weight excluding hydrogens is 771 g/mol. The number of halogens is 2. The van der Waals surface area contributed by atoms with Gasteiger partial charge in [-0.1, -0.05) is 17.7 Å². The van der Waals surface area contributed by atoms with Crippen molar-refractivity contribution in [3.8, 4) is 56.0 Å². The second-order valence-electron chi connectivity index (χ2n) is 12.7. The number of hydrogen-bond acceptors (Lipinski definition) is 8. The highest BCUT2D eigenvalue weighted by molar-refractivity contribution is 7.90. The van der Waals surface area contributed by atoms with Gasteiger partial charge < -0.3 is 14.5 Å². The van der Waals surface area contributed by atoms with Crippen LogP contribution in [0.15, 0.2) is 136 Å². The first kappa shape index (κ1) is 36.8. The van der Waals surface area contributed by atoms with E-state index in [1.54, 1.807) is 78.5 Å². The Morgan fingerprint density at radius 2 is 1.23 bits per heavy atom. The van der Waals surface area contributed by atoms with Gasteiger partial charge in [-0.2, -0.15) is 22.7 Å². The standard InChI is InChI=1S/C25H19FN2O3S2.C18H13FN2OS/c1-16-3-6-19(7-4-16)33(29,30)28-14-22(21-8-5-18(31-2)13-23(21)26)24-20(9-11-27-25(24)28)17-10-12-32-15-17;1-22-12-2-3-14(16(19)8-12)15-9-21-18-17(15)13(4-6-20-18)11-5-7-23-10-11/h3-15H,1-2H3;2-10H,1H3,(H,20,21). The summed E-state index contributed by atoms with van der Waals surface area (Å²) in [6.07, 6.45) is 6.59. The van der Waals surface area contributed by atoms with E-state index in [0.717, 1.165) is 48.4 Å². The van der Waals surface area contributed by atoms with Crippen molar-refractivity contribution in [1.82, 2.24) is 18.9 Å². The van der Waals surface area contributed by atoms with Crippen LogP contribution < -0.4 is 9.47 Å². The van der Waals surface area contributed by atoms with E-state index in [2.05, 4.69) is 26.4 Å². The first-order chi connectivity index (χ1) is 27.2. The molecule has 0 aliphatic heterocycles. The highest BCUT2D eigenvalue weighted by Gasteiger charge is 2.26. The van der Waals surface area contributed by atoms with E-state index >= 15 is 4.39 Å². The summed E-state index contributed by atoms with van der Waals surface area (Å²) >= 11 is 3.16. The van der Waals surface area contributed by atoms with Crippen LogP contribution >= 0.6 is 22.7 Å². The van der Waals surface area contributed by atoms with Crippen molar-refractivity contribution < 1.29 is 26.7 Å². The Labute approximate surface area is 329 Å². The first-order valence-electron chi connectivity index (χ1n) is 17.2. The zero-order chi connectivity index (χ0) is 39.0. The lowest BCUT2D eigenvalue weighted by Crippen LogP contribution is -2.12. The van der Waals surface area contributed by atoms with Crippen molar-refractivity contribution >= 4 is 54.8 Å². The maximum atomic E-state index is 15.1. The third-order valence-electron chi connectivity index (χ3n) is 9.40. The molecule has 6 heterocycles. The molecule has 280 valence electrons. The lowest BCUT2D eigenvalue weighted by atomic mass is 9.99. The lowest BCUT2D eigenvalue weighted by Gasteiger charge is -2.08. The molecule has 8 nitrogen and oxygen atoms in total. The lowest BCUT2D eigenvalue weighted by molar-refractivity contribution is 0.411. The SMILES string of the molecule is COc1ccc(-c2c[nH]c3nccc(-c4ccsc4)c23)c(F)c1.COc1ccc(-c2cn(S(=O)(=O)c3ccc(C)cc3)c3nccc(-c4ccsc4)c23)c(F)c1. The highest BCUT2D eigenvalue weighted by atomic mass is 32.2. The minimum atomic E-state index is -3.97. The minimum absolute atomic E-state index is 0.134. The predicted octanol–water partition coefficient (Wildman–Crippen LogP) is 11.2. The zero-order valence-corrected chi connectivity index (χ0v) is 32.6. The van der Waals surface area contributed by atoms with Gasteiger partial charge in [0, 0.05) is 69.9 Å². The average Bonchev–Trinajstić information content (AvgIpc) is 4.05. The molecule has 9 rings (SSSR count). The van der Waals surface area contributed by atoms with E-state index in [-0.39, 0.29) is 21.9 Å². The molecule has 0 aliphatic rings. The Hall–Kier alpha value is -6.15. The van der Waals surface area contributed by atoms with Gasteiger partial charge in [0.15, 0.2) is 5.65 Å². The normalized spacial score (nSPS) is 11.4. The Bertz CT molecular complexity index is 2940. The number of benzene rings is 3. The number of hydrogen-bond donors (Lipinski definition) is 1. The molecule has 0 amide bonds. The van der Waals surface area contributed by atoms with Crippen molar-refractivity contribution in [2.75, 3.05) is 14.2 Å². The summed E-state index contributed by atoms with van der Waals surface area (Å²) in [6, 6.07) is 23.8. The quantitative estimate of drug-likeness (QED) is 0.164. The number of thiophene rings is 2. The number of rotatable bonds is 8. The number of aromatic amines is 1. The summed E-state index contributed by atoms with van der Waals surface area (Å²) < 4.78 is 68.2. The molecule has 9 aromatic rings. The molecule has 0 unspecified atom stereocenters. The van der Waals surface area contributed by atoms with Gasteiger partial charge in [-0.15, -0.1) is 0 Å². The summed E-state index contributed by atoms with van der Waals surface area (Å²) in [7, 11) is -0.979. The third-order valence-corrected chi connectivity index (χ3v) is 12.4. The molecule has 3 aromatic carbocycles. The molecule has 6 aromatic heterocycles. The van der Waals surface area contributed by atoms with Crippen LogP contribution in [0.5, 0.6) is 11.5 Å². The Kier molecular flexibility index (Phi) is 9.97. The molecule has 1 N–H and O–H groups in total. The number of aromatic nitrogens is 4. The van der Waals surface area contributed by atoms with Crippen LogP contribution in [0.1, 0.15) is 5.56 Å². The van der Waals surface area contributed by atoms with Crippen molar-refractivity contribution in [3.63, 3.8) is 0 Å². The maximum absolute atomic E-state index is 15.1. The second kappa shape index (κ2) is 15.2. The molecule has 13 heteroatoms. The van der Waals surface area contributed by atoms with Crippen LogP contribution in [0, 0.1) is 18.6 Å². The fourth-order valence-corrected chi connectivity index (χ4v) is 9.23. The molecule has 56 heavy (non-hydrogen) atoms. The number of H-pyrrole nitrogens is 1. The summed E-state index contributed by atoms with van der Waals surface area (Å²) in [5, 5.41) is 9.51. The number of nitrogens with one attached hydrogen (secondary N) is 1. The fraction of sp³-hybridized carbons (Fsp3) is 0.0698. The van der Waals surface area contributed by atoms with Crippen LogP contribution in [0.25, 0.3) is 66.6 Å². The topological polar surface area (TPSA) is 99.1 Å². The van der Waals surface area contributed by atoms with Gasteiger partial charge in [-0.3, -0.25) is 0 Å². The van der Waals surface area contributed by atoms with Crippen molar-refractivity contribution in [1.29, 1.82) is 0 Å². The van der Waals surface area contributed by atoms with Gasteiger partial charge in [0.05, 0.1) is 19.1 Å². The highest BCUT2D eigenvalue weighted by Crippen LogP contribution is 2.41. The number of fused-ring (bicyclic) bond motifs is 2. The van der Waals surface area contributed by atoms with E-state index in [9.17, 15) is 12.8 Å². The van der Waals surface area contributed by atoms with Crippen molar-refractivity contribution in [2.45, 2.75) is 11.8 Å². The molecule has 0 saturated carbocycles. The van der Waals surface area contributed by atoms with Gasteiger partial charge >= 0.3 is 0 Å². The Morgan fingerprint density at radius 1 is 0.661 bits per heavy atom. The van der Waals surface area contributed by atoms with E-state index in [0.29, 0.717) is 28.0 Å². The van der Waals surface area contributed by atoms with Crippen LogP contribution in [-0.4, -0.2) is 41.6 Å². The minimum Gasteiger partial charge on any atom is -0.497 e. The smallest absolute Gasteiger partial charge is 0.269 e. The number of ether oxygens (including phenoxy) is 2. The summed E-state index contributed by atoms with van der Waals surface area (Å²) in [4.78, 5) is 12.0. The molecule has 0 atom stereocenters. The van der Waals surface area contributed by atoms with Crippen LogP contribution in [0.2, 0.25) is 0 Å². The predicted molar refractivity (Wildman–Crippen MR) is 220 cm³/mol. The number of pyridine rings is 2. The second-order valence-corrected chi connectivity index (χ2v) is 16.1. The van der Waals surface area contributed by atoms with Gasteiger partial charge in [0.2, 0.25) is 0 Å². The zero-order valence-electron chi connectivity index (χ0n) is 30.2. The molecule has 0 radical (unpaired) electrons. The fourth-order valence-electron chi connectivity index (χ4n) is 6.61. The van der Waals surface area contributed by atoms with Crippen molar-refractivity contribution in [3.05, 3.63) is 148 Å². The number of aryl methyl sites for hydroxylation is 1. The van der Waals surface area contributed by atoms with E-state index < -0.39 is 15.8 Å². The summed E-state index contributed by atoms with van der Waals surface area (Å²) in [5.41, 5.74) is 7.82. The van der Waals surface area contributed by atoms with Crippen LogP contribution in [0.4, 0.5) is 8.78 Å². The van der Waals surface area contributed by atoms with E-state index in [1.807, 2.05) is 41.3 Å². The molecule has 0 spiro atoms. The third kappa shape index (κ3) is 6.74. The van der Waals surface area contributed by atoms with E-state index in [4.69, 9.17) is 9.47 Å². The summed E-state index contributed by atoms with van der Waals surface area (Å²) in [6.45, 7) is 1.89. The van der Waals surface area contributed by atoms with Crippen LogP contribution in [-0.2, 0) is 10.0 Å². The number of methoxy groups -OCH3 is 2. The van der Waals surface area contributed by atoms with Crippen LogP contribution in [0.3, 0.4) is 0 Å². The summed E-state index contributed by atoms with van der Waals surface area (Å²) in [5.74, 6) is 0.0531. The average molecular weight is 803 g/mol. The van der Waals surface area contributed by atoms with Gasteiger partial charge in [-0.25, -0.2) is 31.1 Å². The van der Waals surface area contributed by atoms with Gasteiger partial charge in [0.25, 0.3) is 10.0 Å². The number of nitrogens with zero attached hydrogens (tertiary/aromatic N) is 3. The van der Waals surface area contributed by atoms with Gasteiger partial charge in [-0.05, 0) is 111 Å². The molecule has 0 saturated heterocycles. The monoisotopic (exact) mass is 802 g/mol.